The van der Waals surface area contributed by atoms with E-state index in [9.17, 15) is 9.18 Å². The Morgan fingerprint density at radius 3 is 2.54 bits per heavy atom. The molecule has 0 aliphatic carbocycles. The highest BCUT2D eigenvalue weighted by Gasteiger charge is 2.21. The zero-order chi connectivity index (χ0) is 18.9. The van der Waals surface area contributed by atoms with E-state index in [0.29, 0.717) is 12.1 Å². The van der Waals surface area contributed by atoms with E-state index in [1.165, 1.54) is 23.5 Å². The average molecular weight is 371 g/mol. The number of fused-ring (bicyclic) bond motifs is 1. The molecular formula is C20H22FN3OS. The molecule has 0 aliphatic rings. The fourth-order valence-electron chi connectivity index (χ4n) is 2.69. The number of thiazole rings is 1. The van der Waals surface area contributed by atoms with Crippen LogP contribution in [0.3, 0.4) is 0 Å². The average Bonchev–Trinajstić information content (AvgIpc) is 3.02. The van der Waals surface area contributed by atoms with E-state index in [-0.39, 0.29) is 17.1 Å². The van der Waals surface area contributed by atoms with Gasteiger partial charge in [-0.15, -0.1) is 0 Å². The first-order chi connectivity index (χ1) is 12.3. The molecule has 0 saturated heterocycles. The Balaban J connectivity index is 1.76. The van der Waals surface area contributed by atoms with E-state index in [1.807, 2.05) is 24.3 Å². The van der Waals surface area contributed by atoms with Crippen LogP contribution in [0.4, 0.5) is 9.52 Å². The second-order valence-corrected chi connectivity index (χ2v) is 8.18. The van der Waals surface area contributed by atoms with Gasteiger partial charge in [-0.1, -0.05) is 37.3 Å². The third kappa shape index (κ3) is 3.85. The van der Waals surface area contributed by atoms with Crippen LogP contribution in [-0.4, -0.2) is 36.4 Å². The second-order valence-electron chi connectivity index (χ2n) is 7.15. The summed E-state index contributed by atoms with van der Waals surface area (Å²) in [5.74, 6) is -0.251. The summed E-state index contributed by atoms with van der Waals surface area (Å²) in [7, 11) is 3.48. The molecule has 1 heterocycles. The number of carbonyl (C=O) groups excluding carboxylic acids is 1. The van der Waals surface area contributed by atoms with Crippen LogP contribution in [0, 0.1) is 5.82 Å². The number of nitrogens with zero attached hydrogens (tertiary/aromatic N) is 2. The van der Waals surface area contributed by atoms with Crippen LogP contribution < -0.4 is 5.32 Å². The van der Waals surface area contributed by atoms with Crippen molar-refractivity contribution in [2.45, 2.75) is 19.3 Å². The smallest absolute Gasteiger partial charge is 0.253 e. The Bertz CT molecular complexity index is 932. The number of carbonyl (C=O) groups is 1. The van der Waals surface area contributed by atoms with E-state index in [4.69, 9.17) is 0 Å². The third-order valence-corrected chi connectivity index (χ3v) is 5.32. The van der Waals surface area contributed by atoms with Crippen molar-refractivity contribution >= 4 is 32.6 Å². The van der Waals surface area contributed by atoms with Crippen molar-refractivity contribution < 1.29 is 9.18 Å². The Kier molecular flexibility index (Phi) is 4.96. The maximum atomic E-state index is 13.1. The van der Waals surface area contributed by atoms with Gasteiger partial charge in [-0.2, -0.15) is 0 Å². The van der Waals surface area contributed by atoms with Crippen molar-refractivity contribution in [1.82, 2.24) is 9.88 Å². The highest BCUT2D eigenvalue weighted by atomic mass is 32.1. The molecule has 3 rings (SSSR count). The summed E-state index contributed by atoms with van der Waals surface area (Å²) in [4.78, 5) is 18.3. The summed E-state index contributed by atoms with van der Waals surface area (Å²) in [6.07, 6.45) is 0. The molecule has 0 bridgehead atoms. The van der Waals surface area contributed by atoms with Crippen molar-refractivity contribution in [3.63, 3.8) is 0 Å². The summed E-state index contributed by atoms with van der Waals surface area (Å²) in [6.45, 7) is 4.88. The number of nitrogens with one attached hydrogen (secondary N) is 1. The largest absolute Gasteiger partial charge is 0.361 e. The molecule has 4 nitrogen and oxygen atoms in total. The van der Waals surface area contributed by atoms with Crippen molar-refractivity contribution in [1.29, 1.82) is 0 Å². The fourth-order valence-corrected chi connectivity index (χ4v) is 3.59. The lowest BCUT2D eigenvalue weighted by Gasteiger charge is -2.25. The van der Waals surface area contributed by atoms with Crippen LogP contribution in [0.1, 0.15) is 29.8 Å². The summed E-state index contributed by atoms with van der Waals surface area (Å²) in [5, 5.41) is 4.19. The van der Waals surface area contributed by atoms with Crippen LogP contribution in [0.15, 0.2) is 42.5 Å². The lowest BCUT2D eigenvalue weighted by molar-refractivity contribution is 0.0828. The number of amides is 1. The lowest BCUT2D eigenvalue weighted by Crippen LogP contribution is -2.27. The monoisotopic (exact) mass is 371 g/mol. The molecule has 0 unspecified atom stereocenters. The molecule has 1 aromatic heterocycles. The quantitative estimate of drug-likeness (QED) is 0.717. The van der Waals surface area contributed by atoms with Gasteiger partial charge in [0.1, 0.15) is 5.82 Å². The summed E-state index contributed by atoms with van der Waals surface area (Å²) >= 11 is 1.53. The zero-order valence-electron chi connectivity index (χ0n) is 15.3. The Morgan fingerprint density at radius 2 is 1.88 bits per heavy atom. The van der Waals surface area contributed by atoms with Gasteiger partial charge in [0.05, 0.1) is 10.2 Å². The molecule has 1 amide bonds. The van der Waals surface area contributed by atoms with Gasteiger partial charge in [0, 0.05) is 31.6 Å². The molecule has 0 atom stereocenters. The zero-order valence-corrected chi connectivity index (χ0v) is 16.2. The number of rotatable bonds is 5. The highest BCUT2D eigenvalue weighted by Crippen LogP contribution is 2.29. The molecular weight excluding hydrogens is 349 g/mol. The van der Waals surface area contributed by atoms with Crippen LogP contribution in [0.2, 0.25) is 0 Å². The van der Waals surface area contributed by atoms with Gasteiger partial charge in [0.25, 0.3) is 5.91 Å². The van der Waals surface area contributed by atoms with Gasteiger partial charge in [-0.05, 0) is 35.9 Å². The molecule has 26 heavy (non-hydrogen) atoms. The normalized spacial score (nSPS) is 11.6. The highest BCUT2D eigenvalue weighted by molar-refractivity contribution is 7.22. The van der Waals surface area contributed by atoms with E-state index in [2.05, 4.69) is 24.1 Å². The molecule has 1 N–H and O–H groups in total. The van der Waals surface area contributed by atoms with Gasteiger partial charge in [0.15, 0.2) is 5.13 Å². The van der Waals surface area contributed by atoms with Gasteiger partial charge < -0.3 is 10.2 Å². The predicted molar refractivity (Wildman–Crippen MR) is 106 cm³/mol. The molecule has 136 valence electrons. The maximum absolute atomic E-state index is 13.1. The van der Waals surface area contributed by atoms with Gasteiger partial charge in [-0.25, -0.2) is 9.37 Å². The number of hydrogen-bond acceptors (Lipinski definition) is 4. The molecule has 2 aromatic carbocycles. The Labute approximate surface area is 156 Å². The van der Waals surface area contributed by atoms with Crippen LogP contribution >= 0.6 is 11.3 Å². The minimum absolute atomic E-state index is 0.0211. The first-order valence-corrected chi connectivity index (χ1v) is 9.20. The van der Waals surface area contributed by atoms with Gasteiger partial charge in [-0.3, -0.25) is 4.79 Å². The first kappa shape index (κ1) is 18.3. The standard InChI is InChI=1S/C20H22FN3OS/c1-20(2,14-6-8-15(21)9-7-14)12-22-19-23-16-10-5-13(11-17(16)26-19)18(25)24(3)4/h5-11H,12H2,1-4H3,(H,22,23). The maximum Gasteiger partial charge on any atom is 0.253 e. The van der Waals surface area contributed by atoms with E-state index >= 15 is 0 Å². The van der Waals surface area contributed by atoms with Crippen LogP contribution in [0.5, 0.6) is 0 Å². The van der Waals surface area contributed by atoms with Crippen molar-refractivity contribution in [2.24, 2.45) is 0 Å². The number of hydrogen-bond donors (Lipinski definition) is 1. The van der Waals surface area contributed by atoms with Gasteiger partial charge >= 0.3 is 0 Å². The SMILES string of the molecule is CN(C)C(=O)c1ccc2nc(NCC(C)(C)c3ccc(F)cc3)sc2c1. The summed E-state index contributed by atoms with van der Waals surface area (Å²) in [6, 6.07) is 12.2. The Morgan fingerprint density at radius 1 is 1.19 bits per heavy atom. The first-order valence-electron chi connectivity index (χ1n) is 8.38. The van der Waals surface area contributed by atoms with E-state index < -0.39 is 0 Å². The van der Waals surface area contributed by atoms with Crippen molar-refractivity contribution in [2.75, 3.05) is 26.0 Å². The number of halogens is 1. The predicted octanol–water partition coefficient (Wildman–Crippen LogP) is 4.53. The summed E-state index contributed by atoms with van der Waals surface area (Å²) < 4.78 is 14.1. The number of benzene rings is 2. The van der Waals surface area contributed by atoms with Crippen LogP contribution in [-0.2, 0) is 5.41 Å². The summed E-state index contributed by atoms with van der Waals surface area (Å²) in [5.41, 5.74) is 2.42. The molecule has 0 aliphatic heterocycles. The molecule has 0 radical (unpaired) electrons. The van der Waals surface area contributed by atoms with E-state index in [1.54, 1.807) is 25.1 Å². The minimum atomic E-state index is -0.230. The Hall–Kier alpha value is -2.47. The van der Waals surface area contributed by atoms with E-state index in [0.717, 1.165) is 20.9 Å². The second kappa shape index (κ2) is 7.03. The van der Waals surface area contributed by atoms with Gasteiger partial charge in [0.2, 0.25) is 0 Å². The third-order valence-electron chi connectivity index (χ3n) is 4.35. The van der Waals surface area contributed by atoms with Crippen molar-refractivity contribution in [3.8, 4) is 0 Å². The molecule has 0 fully saturated rings. The minimum Gasteiger partial charge on any atom is -0.361 e. The fraction of sp³-hybridized carbons (Fsp3) is 0.300. The van der Waals surface area contributed by atoms with Crippen LogP contribution in [0.25, 0.3) is 10.2 Å². The molecule has 6 heteroatoms. The molecule has 3 aromatic rings. The molecule has 0 saturated carbocycles. The number of anilines is 1. The number of aromatic nitrogens is 1. The van der Waals surface area contributed by atoms with Crippen molar-refractivity contribution in [3.05, 3.63) is 59.4 Å². The lowest BCUT2D eigenvalue weighted by atomic mass is 9.85. The molecule has 0 spiro atoms. The topological polar surface area (TPSA) is 45.2 Å².